The van der Waals surface area contributed by atoms with Crippen molar-refractivity contribution in [3.8, 4) is 0 Å². The molecule has 2 amide bonds. The molecule has 29 heavy (non-hydrogen) atoms. The molecule has 3 aliphatic rings. The number of amides is 2. The van der Waals surface area contributed by atoms with Crippen LogP contribution in [0.2, 0.25) is 0 Å². The molecule has 2 aromatic carbocycles. The number of fused-ring (bicyclic) bond motifs is 5. The van der Waals surface area contributed by atoms with Gasteiger partial charge in [0.05, 0.1) is 34.7 Å². The zero-order valence-electron chi connectivity index (χ0n) is 15.6. The monoisotopic (exact) mass is 410 g/mol. The number of carbonyl (C=O) groups is 2. The van der Waals surface area contributed by atoms with Crippen molar-refractivity contribution < 1.29 is 19.2 Å². The van der Waals surface area contributed by atoms with Crippen LogP contribution in [-0.2, 0) is 14.3 Å². The van der Waals surface area contributed by atoms with Crippen LogP contribution in [0.25, 0.3) is 0 Å². The topological polar surface area (TPSA) is 89.8 Å². The number of aryl methyl sites for hydroxylation is 1. The van der Waals surface area contributed by atoms with Gasteiger partial charge in [-0.1, -0.05) is 29.5 Å². The maximum atomic E-state index is 13.0. The van der Waals surface area contributed by atoms with Crippen LogP contribution in [0, 0.1) is 28.9 Å². The Bertz CT molecular complexity index is 1010. The fraction of sp³-hybridized carbons (Fsp3) is 0.333. The van der Waals surface area contributed by atoms with Crippen molar-refractivity contribution in [2.24, 2.45) is 11.8 Å². The summed E-state index contributed by atoms with van der Waals surface area (Å²) in [6.45, 7) is 1.98. The van der Waals surface area contributed by atoms with Crippen molar-refractivity contribution in [3.63, 3.8) is 0 Å². The maximum Gasteiger partial charge on any atom is 0.272 e. The summed E-state index contributed by atoms with van der Waals surface area (Å²) in [6.07, 6.45) is 1.13. The number of non-ortho nitro benzene ring substituents is 1. The predicted octanol–water partition coefficient (Wildman–Crippen LogP) is 3.72. The van der Waals surface area contributed by atoms with Gasteiger partial charge in [-0.3, -0.25) is 19.7 Å². The second-order valence-corrected chi connectivity index (χ2v) is 8.86. The highest BCUT2D eigenvalue weighted by molar-refractivity contribution is 7.99. The molecule has 3 fully saturated rings. The van der Waals surface area contributed by atoms with E-state index in [1.165, 1.54) is 23.9 Å². The number of nitro groups is 1. The number of anilines is 1. The van der Waals surface area contributed by atoms with E-state index in [2.05, 4.69) is 0 Å². The Balaban J connectivity index is 1.52. The number of ether oxygens (including phenoxy) is 1. The molecule has 3 aliphatic heterocycles. The molecule has 0 saturated carbocycles. The zero-order valence-corrected chi connectivity index (χ0v) is 16.4. The molecule has 2 aromatic rings. The van der Waals surface area contributed by atoms with Crippen LogP contribution in [0.5, 0.6) is 0 Å². The molecule has 0 N–H and O–H groups in total. The molecule has 4 atom stereocenters. The van der Waals surface area contributed by atoms with Crippen molar-refractivity contribution >= 4 is 35.0 Å². The first-order valence-electron chi connectivity index (χ1n) is 9.49. The van der Waals surface area contributed by atoms with Crippen molar-refractivity contribution in [2.45, 2.75) is 41.8 Å². The minimum absolute atomic E-state index is 0.144. The van der Waals surface area contributed by atoms with Crippen molar-refractivity contribution in [2.75, 3.05) is 4.90 Å². The summed E-state index contributed by atoms with van der Waals surface area (Å²) < 4.78 is 5.76. The van der Waals surface area contributed by atoms with Crippen molar-refractivity contribution in [3.05, 3.63) is 58.1 Å². The van der Waals surface area contributed by atoms with Crippen molar-refractivity contribution in [1.82, 2.24) is 0 Å². The standard InChI is InChI=1S/C21H18N2O5S/c1-11-2-4-14(5-3-11)29-15-9-12(8-13(10-15)23(26)27)22-20(24)18-16-6-7-17(28-16)19(18)21(22)25/h2-5,8-10,16-19H,6-7H2,1H3/t16-,17-,18+,19+/m1/s1. The molecule has 0 aliphatic carbocycles. The van der Waals surface area contributed by atoms with E-state index in [0.29, 0.717) is 4.90 Å². The van der Waals surface area contributed by atoms with E-state index in [4.69, 9.17) is 4.74 Å². The molecule has 0 unspecified atom stereocenters. The average Bonchev–Trinajstić information content (AvgIpc) is 3.37. The van der Waals surface area contributed by atoms with Crippen LogP contribution >= 0.6 is 11.8 Å². The summed E-state index contributed by atoms with van der Waals surface area (Å²) in [6, 6.07) is 12.2. The fourth-order valence-electron chi connectivity index (χ4n) is 4.57. The number of nitrogens with zero attached hydrogens (tertiary/aromatic N) is 2. The molecule has 148 valence electrons. The predicted molar refractivity (Wildman–Crippen MR) is 106 cm³/mol. The van der Waals surface area contributed by atoms with Crippen LogP contribution < -0.4 is 4.90 Å². The fourth-order valence-corrected chi connectivity index (χ4v) is 5.47. The van der Waals surface area contributed by atoms with Gasteiger partial charge in [-0.05, 0) is 38.0 Å². The van der Waals surface area contributed by atoms with E-state index in [1.807, 2.05) is 31.2 Å². The lowest BCUT2D eigenvalue weighted by Gasteiger charge is -2.18. The number of nitro benzene ring substituents is 1. The van der Waals surface area contributed by atoms with Gasteiger partial charge in [-0.2, -0.15) is 0 Å². The van der Waals surface area contributed by atoms with Gasteiger partial charge in [-0.25, -0.2) is 4.90 Å². The zero-order chi connectivity index (χ0) is 20.3. The van der Waals surface area contributed by atoms with Gasteiger partial charge >= 0.3 is 0 Å². The van der Waals surface area contributed by atoms with E-state index < -0.39 is 16.8 Å². The first-order chi connectivity index (χ1) is 13.9. The largest absolute Gasteiger partial charge is 0.373 e. The first kappa shape index (κ1) is 18.3. The quantitative estimate of drug-likeness (QED) is 0.434. The summed E-state index contributed by atoms with van der Waals surface area (Å²) in [4.78, 5) is 39.7. The lowest BCUT2D eigenvalue weighted by Crippen LogP contribution is -2.34. The Morgan fingerprint density at radius 1 is 1.00 bits per heavy atom. The third-order valence-corrected chi connectivity index (χ3v) is 6.87. The van der Waals surface area contributed by atoms with Gasteiger partial charge in [-0.15, -0.1) is 0 Å². The van der Waals surface area contributed by atoms with E-state index in [1.54, 1.807) is 6.07 Å². The van der Waals surface area contributed by atoms with E-state index >= 15 is 0 Å². The molecule has 5 rings (SSSR count). The van der Waals surface area contributed by atoms with Crippen LogP contribution in [0.4, 0.5) is 11.4 Å². The van der Waals surface area contributed by atoms with Gasteiger partial charge in [0.1, 0.15) is 0 Å². The minimum atomic E-state index is -0.499. The average molecular weight is 410 g/mol. The second-order valence-electron chi connectivity index (χ2n) is 7.71. The Morgan fingerprint density at radius 2 is 1.62 bits per heavy atom. The molecule has 2 bridgehead atoms. The normalized spacial score (nSPS) is 27.6. The number of hydrogen-bond acceptors (Lipinski definition) is 6. The number of benzene rings is 2. The highest BCUT2D eigenvalue weighted by atomic mass is 32.2. The molecular weight excluding hydrogens is 392 g/mol. The molecule has 0 aromatic heterocycles. The minimum Gasteiger partial charge on any atom is -0.373 e. The lowest BCUT2D eigenvalue weighted by atomic mass is 9.81. The SMILES string of the molecule is Cc1ccc(Sc2cc(N3C(=O)[C@@H]4[C@@H](C3=O)[C@H]3CC[C@H]4O3)cc([N+](=O)[O-])c2)cc1. The van der Waals surface area contributed by atoms with E-state index in [9.17, 15) is 19.7 Å². The van der Waals surface area contributed by atoms with E-state index in [-0.39, 0.29) is 35.4 Å². The highest BCUT2D eigenvalue weighted by Gasteiger charge is 2.62. The molecule has 3 heterocycles. The summed E-state index contributed by atoms with van der Waals surface area (Å²) in [7, 11) is 0. The number of rotatable bonds is 4. The Hall–Kier alpha value is -2.71. The molecule has 3 saturated heterocycles. The van der Waals surface area contributed by atoms with Crippen LogP contribution in [-0.4, -0.2) is 28.9 Å². The summed E-state index contributed by atoms with van der Waals surface area (Å²) >= 11 is 1.36. The summed E-state index contributed by atoms with van der Waals surface area (Å²) in [5.74, 6) is -1.54. The van der Waals surface area contributed by atoms with Crippen LogP contribution in [0.1, 0.15) is 18.4 Å². The van der Waals surface area contributed by atoms with Gasteiger partial charge in [0.15, 0.2) is 0 Å². The summed E-state index contributed by atoms with van der Waals surface area (Å²) in [5.41, 5.74) is 1.23. The summed E-state index contributed by atoms with van der Waals surface area (Å²) in [5, 5.41) is 11.5. The molecular formula is C21H18N2O5S. The Labute approximate surface area is 171 Å². The van der Waals surface area contributed by atoms with Crippen LogP contribution in [0.3, 0.4) is 0 Å². The Kier molecular flexibility index (Phi) is 4.22. The first-order valence-corrected chi connectivity index (χ1v) is 10.3. The van der Waals surface area contributed by atoms with E-state index in [0.717, 1.165) is 28.2 Å². The molecule has 0 spiro atoms. The van der Waals surface area contributed by atoms with Gasteiger partial charge < -0.3 is 4.74 Å². The Morgan fingerprint density at radius 3 is 2.21 bits per heavy atom. The van der Waals surface area contributed by atoms with Gasteiger partial charge in [0, 0.05) is 21.9 Å². The second kappa shape index (κ2) is 6.67. The molecule has 8 heteroatoms. The molecule has 0 radical (unpaired) electrons. The number of imide groups is 1. The van der Waals surface area contributed by atoms with Crippen molar-refractivity contribution in [1.29, 1.82) is 0 Å². The lowest BCUT2D eigenvalue weighted by molar-refractivity contribution is -0.385. The third-order valence-electron chi connectivity index (χ3n) is 5.89. The van der Waals surface area contributed by atoms with Gasteiger partial charge in [0.2, 0.25) is 11.8 Å². The third kappa shape index (κ3) is 2.94. The molecule has 7 nitrogen and oxygen atoms in total. The number of carbonyl (C=O) groups excluding carboxylic acids is 2. The number of hydrogen-bond donors (Lipinski definition) is 0. The van der Waals surface area contributed by atoms with Crippen LogP contribution in [0.15, 0.2) is 52.3 Å². The highest BCUT2D eigenvalue weighted by Crippen LogP contribution is 2.50. The van der Waals surface area contributed by atoms with Gasteiger partial charge in [0.25, 0.3) is 5.69 Å². The maximum absolute atomic E-state index is 13.0. The smallest absolute Gasteiger partial charge is 0.272 e.